The van der Waals surface area contributed by atoms with Gasteiger partial charge in [-0.25, -0.2) is 17.9 Å². The van der Waals surface area contributed by atoms with Gasteiger partial charge in [-0.05, 0) is 24.1 Å². The predicted octanol–water partition coefficient (Wildman–Crippen LogP) is 0.970. The number of hydrogen-bond donors (Lipinski definition) is 1. The van der Waals surface area contributed by atoms with Gasteiger partial charge in [-0.3, -0.25) is 0 Å². The summed E-state index contributed by atoms with van der Waals surface area (Å²) in [5, 5.41) is 4.46. The molecule has 0 heterocycles. The van der Waals surface area contributed by atoms with Crippen molar-refractivity contribution >= 4 is 10.0 Å². The minimum absolute atomic E-state index is 0.124. The maximum absolute atomic E-state index is 12.8. The lowest BCUT2D eigenvalue weighted by molar-refractivity contribution is 0.595. The van der Waals surface area contributed by atoms with Crippen LogP contribution in [0, 0.1) is 5.82 Å². The molecule has 1 aliphatic carbocycles. The summed E-state index contributed by atoms with van der Waals surface area (Å²) in [5.74, 6) is -0.469. The van der Waals surface area contributed by atoms with E-state index < -0.39 is 15.3 Å². The third-order valence-corrected chi connectivity index (χ3v) is 3.80. The second kappa shape index (κ2) is 3.03. The molecule has 0 bridgehead atoms. The molecule has 0 radical (unpaired) electrons. The Morgan fingerprint density at radius 1 is 1.43 bits per heavy atom. The van der Waals surface area contributed by atoms with E-state index in [1.165, 1.54) is 12.1 Å². The molecule has 0 aliphatic heterocycles. The lowest BCUT2D eigenvalue weighted by Crippen LogP contribution is -2.18. The molecule has 14 heavy (non-hydrogen) atoms. The van der Waals surface area contributed by atoms with Crippen LogP contribution < -0.4 is 5.14 Å². The maximum atomic E-state index is 12.8. The summed E-state index contributed by atoms with van der Waals surface area (Å²) in [4.78, 5) is 0. The van der Waals surface area contributed by atoms with Gasteiger partial charge in [0.15, 0.2) is 0 Å². The van der Waals surface area contributed by atoms with Gasteiger partial charge in [0.1, 0.15) is 5.82 Å². The molecule has 0 saturated heterocycles. The zero-order valence-corrected chi connectivity index (χ0v) is 8.17. The van der Waals surface area contributed by atoms with E-state index in [0.717, 1.165) is 0 Å². The maximum Gasteiger partial charge on any atom is 0.212 e. The SMILES string of the molecule is NS(=O)(=O)C1CC1c1cccc(F)c1. The Morgan fingerprint density at radius 3 is 2.64 bits per heavy atom. The van der Waals surface area contributed by atoms with E-state index in [1.807, 2.05) is 0 Å². The van der Waals surface area contributed by atoms with Crippen molar-refractivity contribution in [2.24, 2.45) is 5.14 Å². The fourth-order valence-corrected chi connectivity index (χ4v) is 2.71. The Balaban J connectivity index is 2.22. The summed E-state index contributed by atoms with van der Waals surface area (Å²) >= 11 is 0. The van der Waals surface area contributed by atoms with Crippen LogP contribution in [0.2, 0.25) is 0 Å². The monoisotopic (exact) mass is 215 g/mol. The van der Waals surface area contributed by atoms with Crippen LogP contribution in [-0.2, 0) is 10.0 Å². The second-order valence-electron chi connectivity index (χ2n) is 3.52. The number of halogens is 1. The highest BCUT2D eigenvalue weighted by Crippen LogP contribution is 2.44. The Kier molecular flexibility index (Phi) is 2.08. The van der Waals surface area contributed by atoms with Gasteiger partial charge in [0.25, 0.3) is 0 Å². The number of primary sulfonamides is 1. The summed E-state index contributed by atoms with van der Waals surface area (Å²) < 4.78 is 34.7. The highest BCUT2D eigenvalue weighted by Gasteiger charge is 2.46. The molecule has 1 aromatic carbocycles. The van der Waals surface area contributed by atoms with E-state index in [1.54, 1.807) is 12.1 Å². The highest BCUT2D eigenvalue weighted by molar-refractivity contribution is 7.90. The van der Waals surface area contributed by atoms with Gasteiger partial charge >= 0.3 is 0 Å². The largest absolute Gasteiger partial charge is 0.228 e. The number of sulfonamides is 1. The van der Waals surface area contributed by atoms with Gasteiger partial charge in [0.2, 0.25) is 10.0 Å². The van der Waals surface area contributed by atoms with E-state index in [9.17, 15) is 12.8 Å². The summed E-state index contributed by atoms with van der Waals surface area (Å²) in [7, 11) is -3.46. The van der Waals surface area contributed by atoms with Crippen molar-refractivity contribution in [1.82, 2.24) is 0 Å². The average molecular weight is 215 g/mol. The topological polar surface area (TPSA) is 60.2 Å². The standard InChI is InChI=1S/C9H10FNO2S/c10-7-3-1-2-6(4-7)8-5-9(8)14(11,12)13/h1-4,8-9H,5H2,(H2,11,12,13). The molecule has 76 valence electrons. The molecule has 1 saturated carbocycles. The summed E-state index contributed by atoms with van der Waals surface area (Å²) in [5.41, 5.74) is 0.712. The van der Waals surface area contributed by atoms with E-state index in [4.69, 9.17) is 5.14 Å². The third-order valence-electron chi connectivity index (χ3n) is 2.43. The van der Waals surface area contributed by atoms with Gasteiger partial charge in [0.05, 0.1) is 5.25 Å². The zero-order chi connectivity index (χ0) is 10.3. The molecule has 2 atom stereocenters. The smallest absolute Gasteiger partial charge is 0.212 e. The van der Waals surface area contributed by atoms with E-state index >= 15 is 0 Å². The van der Waals surface area contributed by atoms with Crippen LogP contribution in [0.1, 0.15) is 17.9 Å². The van der Waals surface area contributed by atoms with Crippen LogP contribution in [0.25, 0.3) is 0 Å². The molecule has 1 fully saturated rings. The van der Waals surface area contributed by atoms with Gasteiger partial charge in [-0.1, -0.05) is 12.1 Å². The van der Waals surface area contributed by atoms with Crippen LogP contribution in [0.4, 0.5) is 4.39 Å². The van der Waals surface area contributed by atoms with Crippen LogP contribution in [0.5, 0.6) is 0 Å². The minimum Gasteiger partial charge on any atom is -0.228 e. The molecule has 2 rings (SSSR count). The van der Waals surface area contributed by atoms with Gasteiger partial charge in [-0.2, -0.15) is 0 Å². The summed E-state index contributed by atoms with van der Waals surface area (Å²) in [6.45, 7) is 0. The minimum atomic E-state index is -3.46. The first-order valence-corrected chi connectivity index (χ1v) is 5.86. The average Bonchev–Trinajstić information content (AvgIpc) is 2.81. The molecule has 5 heteroatoms. The van der Waals surface area contributed by atoms with Crippen molar-refractivity contribution in [3.05, 3.63) is 35.6 Å². The Labute approximate surface area is 81.8 Å². The second-order valence-corrected chi connectivity index (χ2v) is 5.31. The number of benzene rings is 1. The van der Waals surface area contributed by atoms with Gasteiger partial charge in [-0.15, -0.1) is 0 Å². The molecule has 1 aliphatic rings. The van der Waals surface area contributed by atoms with E-state index in [2.05, 4.69) is 0 Å². The molecule has 0 spiro atoms. The Bertz CT molecular complexity index is 458. The molecular formula is C9H10FNO2S. The fourth-order valence-electron chi connectivity index (χ4n) is 1.62. The highest BCUT2D eigenvalue weighted by atomic mass is 32.2. The number of rotatable bonds is 2. The van der Waals surface area contributed by atoms with Crippen LogP contribution in [-0.4, -0.2) is 13.7 Å². The van der Waals surface area contributed by atoms with E-state index in [0.29, 0.717) is 12.0 Å². The van der Waals surface area contributed by atoms with Crippen molar-refractivity contribution in [1.29, 1.82) is 0 Å². The molecule has 0 aromatic heterocycles. The molecule has 0 amide bonds. The van der Waals surface area contributed by atoms with Crippen LogP contribution in [0.3, 0.4) is 0 Å². The van der Waals surface area contributed by atoms with Gasteiger partial charge < -0.3 is 0 Å². The van der Waals surface area contributed by atoms with Crippen molar-refractivity contribution in [2.75, 3.05) is 0 Å². The first-order valence-electron chi connectivity index (χ1n) is 4.25. The lowest BCUT2D eigenvalue weighted by Gasteiger charge is -1.98. The Hall–Kier alpha value is -0.940. The number of nitrogens with two attached hydrogens (primary N) is 1. The molecule has 2 unspecified atom stereocenters. The van der Waals surface area contributed by atoms with Crippen molar-refractivity contribution in [3.63, 3.8) is 0 Å². The molecular weight excluding hydrogens is 205 g/mol. The van der Waals surface area contributed by atoms with Crippen molar-refractivity contribution in [3.8, 4) is 0 Å². The zero-order valence-electron chi connectivity index (χ0n) is 7.35. The van der Waals surface area contributed by atoms with Crippen LogP contribution in [0.15, 0.2) is 24.3 Å². The fraction of sp³-hybridized carbons (Fsp3) is 0.333. The van der Waals surface area contributed by atoms with Crippen LogP contribution >= 0.6 is 0 Å². The Morgan fingerprint density at radius 2 is 2.14 bits per heavy atom. The quantitative estimate of drug-likeness (QED) is 0.799. The van der Waals surface area contributed by atoms with E-state index in [-0.39, 0.29) is 11.7 Å². The normalized spacial score (nSPS) is 26.1. The molecule has 2 N–H and O–H groups in total. The first-order chi connectivity index (χ1) is 6.48. The predicted molar refractivity (Wildman–Crippen MR) is 50.7 cm³/mol. The third kappa shape index (κ3) is 1.78. The lowest BCUT2D eigenvalue weighted by atomic mass is 10.1. The van der Waals surface area contributed by atoms with Crippen molar-refractivity contribution in [2.45, 2.75) is 17.6 Å². The van der Waals surface area contributed by atoms with Crippen molar-refractivity contribution < 1.29 is 12.8 Å². The molecule has 3 nitrogen and oxygen atoms in total. The number of hydrogen-bond acceptors (Lipinski definition) is 2. The first kappa shape index (κ1) is 9.61. The summed E-state index contributed by atoms with van der Waals surface area (Å²) in [6.07, 6.45) is 0.502. The molecule has 1 aromatic rings. The van der Waals surface area contributed by atoms with Gasteiger partial charge in [0, 0.05) is 5.92 Å². The summed E-state index contributed by atoms with van der Waals surface area (Å²) in [6, 6.07) is 5.98.